The van der Waals surface area contributed by atoms with Crippen molar-refractivity contribution in [3.63, 3.8) is 0 Å². The van der Waals surface area contributed by atoms with Gasteiger partial charge in [-0.3, -0.25) is 0 Å². The smallest absolute Gasteiger partial charge is 0.200 e. The van der Waals surface area contributed by atoms with Crippen molar-refractivity contribution in [2.75, 3.05) is 0 Å². The molecular weight excluding hydrogens is 152 g/mol. The lowest BCUT2D eigenvalue weighted by atomic mass is 10.3. The van der Waals surface area contributed by atoms with E-state index in [-0.39, 0.29) is 0 Å². The van der Waals surface area contributed by atoms with Gasteiger partial charge in [-0.15, -0.1) is 5.10 Å². The van der Waals surface area contributed by atoms with Gasteiger partial charge in [0.15, 0.2) is 0 Å². The Morgan fingerprint density at radius 3 is 2.67 bits per heavy atom. The van der Waals surface area contributed by atoms with Crippen LogP contribution in [0.5, 0.6) is 0 Å². The lowest BCUT2D eigenvalue weighted by molar-refractivity contribution is 1.01. The molecule has 4 nitrogen and oxygen atoms in total. The van der Waals surface area contributed by atoms with Crippen molar-refractivity contribution in [3.8, 4) is 0 Å². The van der Waals surface area contributed by atoms with E-state index in [1.165, 1.54) is 0 Å². The van der Waals surface area contributed by atoms with Crippen LogP contribution in [-0.4, -0.2) is 20.2 Å². The molecule has 60 valence electrons. The van der Waals surface area contributed by atoms with Gasteiger partial charge in [0.1, 0.15) is 5.52 Å². The molecule has 0 aliphatic heterocycles. The second-order valence-corrected chi connectivity index (χ2v) is 2.63. The predicted molar refractivity (Wildman–Crippen MR) is 44.6 cm³/mol. The Labute approximate surface area is 69.7 Å². The zero-order valence-corrected chi connectivity index (χ0v) is 6.94. The van der Waals surface area contributed by atoms with Crippen molar-refractivity contribution in [2.24, 2.45) is 0 Å². The fourth-order valence-electron chi connectivity index (χ4n) is 0.986. The van der Waals surface area contributed by atoms with Crippen molar-refractivity contribution in [2.45, 2.75) is 13.8 Å². The van der Waals surface area contributed by atoms with Gasteiger partial charge in [0, 0.05) is 0 Å². The third kappa shape index (κ3) is 1.01. The van der Waals surface area contributed by atoms with Crippen LogP contribution in [0.15, 0.2) is 12.3 Å². The lowest BCUT2D eigenvalue weighted by Gasteiger charge is -1.98. The Morgan fingerprint density at radius 2 is 1.83 bits per heavy atom. The van der Waals surface area contributed by atoms with Gasteiger partial charge >= 0.3 is 0 Å². The van der Waals surface area contributed by atoms with Gasteiger partial charge in [-0.2, -0.15) is 5.10 Å². The van der Waals surface area contributed by atoms with Gasteiger partial charge < -0.3 is 0 Å². The highest BCUT2D eigenvalue weighted by Gasteiger charge is 2.00. The second kappa shape index (κ2) is 2.48. The zero-order valence-electron chi connectivity index (χ0n) is 6.94. The van der Waals surface area contributed by atoms with Gasteiger partial charge in [0.25, 0.3) is 0 Å². The Morgan fingerprint density at radius 1 is 1.08 bits per heavy atom. The third-order valence-electron chi connectivity index (χ3n) is 1.77. The van der Waals surface area contributed by atoms with E-state index in [9.17, 15) is 0 Å². The molecule has 2 aromatic heterocycles. The van der Waals surface area contributed by atoms with E-state index in [1.807, 2.05) is 19.9 Å². The molecular formula is C8H8N4. The highest BCUT2D eigenvalue weighted by molar-refractivity contribution is 5.68. The topological polar surface area (TPSA) is 51.6 Å². The van der Waals surface area contributed by atoms with Crippen LogP contribution in [0, 0.1) is 13.8 Å². The van der Waals surface area contributed by atoms with Crippen molar-refractivity contribution < 1.29 is 0 Å². The van der Waals surface area contributed by atoms with E-state index < -0.39 is 0 Å². The minimum absolute atomic E-state index is 0.612. The fraction of sp³-hybridized carbons (Fsp3) is 0.250. The molecule has 2 heterocycles. The number of hydrogen-bond donors (Lipinski definition) is 0. The van der Waals surface area contributed by atoms with Gasteiger partial charge in [0.2, 0.25) is 5.65 Å². The molecule has 0 aliphatic rings. The lowest BCUT2D eigenvalue weighted by Crippen LogP contribution is -1.95. The SMILES string of the molecule is Cc1nc2ccnnc2nc1C. The van der Waals surface area contributed by atoms with Crippen LogP contribution in [0.4, 0.5) is 0 Å². The first-order valence-corrected chi connectivity index (χ1v) is 3.70. The molecule has 0 spiro atoms. The summed E-state index contributed by atoms with van der Waals surface area (Å²) >= 11 is 0. The van der Waals surface area contributed by atoms with Crippen LogP contribution in [-0.2, 0) is 0 Å². The summed E-state index contributed by atoms with van der Waals surface area (Å²) in [7, 11) is 0. The Kier molecular flexibility index (Phi) is 1.46. The molecule has 0 atom stereocenters. The van der Waals surface area contributed by atoms with E-state index in [0.29, 0.717) is 5.65 Å². The third-order valence-corrected chi connectivity index (χ3v) is 1.77. The summed E-state index contributed by atoms with van der Waals surface area (Å²) in [4.78, 5) is 8.55. The van der Waals surface area contributed by atoms with E-state index in [4.69, 9.17) is 0 Å². The first kappa shape index (κ1) is 7.09. The number of fused-ring (bicyclic) bond motifs is 1. The van der Waals surface area contributed by atoms with Crippen molar-refractivity contribution in [1.82, 2.24) is 20.2 Å². The second-order valence-electron chi connectivity index (χ2n) is 2.63. The van der Waals surface area contributed by atoms with Crippen molar-refractivity contribution in [3.05, 3.63) is 23.7 Å². The van der Waals surface area contributed by atoms with Crippen LogP contribution in [0.1, 0.15) is 11.4 Å². The van der Waals surface area contributed by atoms with Crippen LogP contribution in [0.3, 0.4) is 0 Å². The molecule has 0 unspecified atom stereocenters. The molecule has 0 radical (unpaired) electrons. The Bertz CT molecular complexity index is 384. The molecule has 2 rings (SSSR count). The molecule has 2 aromatic rings. The predicted octanol–water partition coefficient (Wildman–Crippen LogP) is 1.04. The highest BCUT2D eigenvalue weighted by Crippen LogP contribution is 2.07. The largest absolute Gasteiger partial charge is 0.248 e. The van der Waals surface area contributed by atoms with Crippen LogP contribution in [0.2, 0.25) is 0 Å². The summed E-state index contributed by atoms with van der Waals surface area (Å²) in [5, 5.41) is 7.59. The summed E-state index contributed by atoms with van der Waals surface area (Å²) in [6.45, 7) is 3.85. The maximum Gasteiger partial charge on any atom is 0.200 e. The summed E-state index contributed by atoms with van der Waals surface area (Å²) in [6.07, 6.45) is 1.62. The first-order chi connectivity index (χ1) is 5.77. The van der Waals surface area contributed by atoms with Crippen LogP contribution in [0.25, 0.3) is 11.2 Å². The van der Waals surface area contributed by atoms with Gasteiger partial charge in [-0.05, 0) is 19.9 Å². The summed E-state index contributed by atoms with van der Waals surface area (Å²) < 4.78 is 0. The summed E-state index contributed by atoms with van der Waals surface area (Å²) in [5.74, 6) is 0. The van der Waals surface area contributed by atoms with Crippen molar-refractivity contribution in [1.29, 1.82) is 0 Å². The van der Waals surface area contributed by atoms with E-state index in [1.54, 1.807) is 6.20 Å². The number of hydrogen-bond acceptors (Lipinski definition) is 4. The van der Waals surface area contributed by atoms with E-state index >= 15 is 0 Å². The quantitative estimate of drug-likeness (QED) is 0.577. The van der Waals surface area contributed by atoms with Crippen LogP contribution < -0.4 is 0 Å². The summed E-state index contributed by atoms with van der Waals surface area (Å²) in [6, 6.07) is 1.81. The zero-order chi connectivity index (χ0) is 8.55. The fourth-order valence-corrected chi connectivity index (χ4v) is 0.986. The normalized spacial score (nSPS) is 10.5. The van der Waals surface area contributed by atoms with Gasteiger partial charge in [0.05, 0.1) is 17.6 Å². The van der Waals surface area contributed by atoms with E-state index in [0.717, 1.165) is 16.9 Å². The highest BCUT2D eigenvalue weighted by atomic mass is 15.1. The molecule has 0 saturated heterocycles. The average molecular weight is 160 g/mol. The number of aromatic nitrogens is 4. The monoisotopic (exact) mass is 160 g/mol. The minimum Gasteiger partial charge on any atom is -0.248 e. The Balaban J connectivity index is 2.84. The summed E-state index contributed by atoms with van der Waals surface area (Å²) in [5.41, 5.74) is 3.26. The first-order valence-electron chi connectivity index (χ1n) is 3.70. The molecule has 4 heteroatoms. The minimum atomic E-state index is 0.612. The molecule has 0 aliphatic carbocycles. The van der Waals surface area contributed by atoms with Gasteiger partial charge in [-0.25, -0.2) is 9.97 Å². The van der Waals surface area contributed by atoms with Crippen molar-refractivity contribution >= 4 is 11.2 Å². The molecule has 12 heavy (non-hydrogen) atoms. The number of aryl methyl sites for hydroxylation is 2. The van der Waals surface area contributed by atoms with E-state index in [2.05, 4.69) is 20.2 Å². The molecule has 0 N–H and O–H groups in total. The molecule has 0 fully saturated rings. The van der Waals surface area contributed by atoms with Gasteiger partial charge in [-0.1, -0.05) is 0 Å². The number of nitrogens with zero attached hydrogens (tertiary/aromatic N) is 4. The molecule has 0 saturated carbocycles. The number of rotatable bonds is 0. The average Bonchev–Trinajstić information content (AvgIpc) is 2.07. The molecule has 0 bridgehead atoms. The Hall–Kier alpha value is -1.58. The maximum atomic E-state index is 4.31. The standard InChI is InChI=1S/C8H8N4/c1-5-6(2)11-8-7(10-5)3-4-9-12-8/h3-4H,1-2H3. The van der Waals surface area contributed by atoms with Crippen LogP contribution >= 0.6 is 0 Å². The molecule has 0 aromatic carbocycles. The molecule has 0 amide bonds. The maximum absolute atomic E-state index is 4.31.